The molecule has 0 atom stereocenters. The van der Waals surface area contributed by atoms with Gasteiger partial charge >= 0.3 is 6.09 Å². The van der Waals surface area contributed by atoms with E-state index in [9.17, 15) is 13.2 Å². The van der Waals surface area contributed by atoms with E-state index in [1.807, 2.05) is 12.1 Å². The van der Waals surface area contributed by atoms with E-state index in [1.54, 1.807) is 30.5 Å². The topological polar surface area (TPSA) is 78.3 Å². The standard InChI is InChI=1S/C18H15ClN2O4S/c1-25-18(22)21-11-16(12-3-7-14(19)8-4-12)17(20-21)13-5-9-15(10-6-13)26(2,23)24/h3-11H,1-2H3. The molecule has 0 aliphatic heterocycles. The van der Waals surface area contributed by atoms with Crippen molar-refractivity contribution in [1.82, 2.24) is 9.78 Å². The van der Waals surface area contributed by atoms with Crippen molar-refractivity contribution in [2.45, 2.75) is 4.90 Å². The highest BCUT2D eigenvalue weighted by Crippen LogP contribution is 2.32. The molecule has 26 heavy (non-hydrogen) atoms. The summed E-state index contributed by atoms with van der Waals surface area (Å²) >= 11 is 5.94. The molecule has 0 amide bonds. The SMILES string of the molecule is COC(=O)n1cc(-c2ccc(Cl)cc2)c(-c2ccc(S(C)(=O)=O)cc2)n1. The maximum absolute atomic E-state index is 11.9. The van der Waals surface area contributed by atoms with Crippen LogP contribution in [0.4, 0.5) is 4.79 Å². The minimum absolute atomic E-state index is 0.210. The summed E-state index contributed by atoms with van der Waals surface area (Å²) < 4.78 is 29.1. The van der Waals surface area contributed by atoms with Gasteiger partial charge < -0.3 is 4.74 Å². The molecular formula is C18H15ClN2O4S. The zero-order chi connectivity index (χ0) is 18.9. The van der Waals surface area contributed by atoms with Crippen molar-refractivity contribution in [2.24, 2.45) is 0 Å². The van der Waals surface area contributed by atoms with Crippen LogP contribution in [0.15, 0.2) is 59.6 Å². The van der Waals surface area contributed by atoms with Crippen LogP contribution < -0.4 is 0 Å². The Morgan fingerprint density at radius 3 is 2.15 bits per heavy atom. The van der Waals surface area contributed by atoms with E-state index in [-0.39, 0.29) is 4.90 Å². The van der Waals surface area contributed by atoms with Gasteiger partial charge in [-0.05, 0) is 29.8 Å². The highest BCUT2D eigenvalue weighted by molar-refractivity contribution is 7.90. The average molecular weight is 391 g/mol. The number of hydrogen-bond acceptors (Lipinski definition) is 5. The molecule has 0 N–H and O–H groups in total. The number of ether oxygens (including phenoxy) is 1. The third-order valence-electron chi connectivity index (χ3n) is 3.79. The minimum atomic E-state index is -3.30. The second-order valence-electron chi connectivity index (χ2n) is 5.61. The molecule has 0 aliphatic carbocycles. The van der Waals surface area contributed by atoms with E-state index >= 15 is 0 Å². The Morgan fingerprint density at radius 2 is 1.62 bits per heavy atom. The second-order valence-corrected chi connectivity index (χ2v) is 8.06. The van der Waals surface area contributed by atoms with Crippen molar-refractivity contribution in [3.63, 3.8) is 0 Å². The van der Waals surface area contributed by atoms with Crippen LogP contribution in [0.2, 0.25) is 5.02 Å². The zero-order valence-corrected chi connectivity index (χ0v) is 15.6. The van der Waals surface area contributed by atoms with Crippen LogP contribution in [0.1, 0.15) is 0 Å². The van der Waals surface area contributed by atoms with Gasteiger partial charge in [-0.3, -0.25) is 0 Å². The molecule has 6 nitrogen and oxygen atoms in total. The van der Waals surface area contributed by atoms with Crippen molar-refractivity contribution >= 4 is 27.5 Å². The number of aromatic nitrogens is 2. The highest BCUT2D eigenvalue weighted by Gasteiger charge is 2.17. The Bertz CT molecular complexity index is 1060. The quantitative estimate of drug-likeness (QED) is 0.678. The summed E-state index contributed by atoms with van der Waals surface area (Å²) in [7, 11) is -2.03. The summed E-state index contributed by atoms with van der Waals surface area (Å²) in [4.78, 5) is 12.1. The first-order valence-corrected chi connectivity index (χ1v) is 9.81. The first-order valence-electron chi connectivity index (χ1n) is 7.54. The van der Waals surface area contributed by atoms with Crippen LogP contribution in [0.3, 0.4) is 0 Å². The Kier molecular flexibility index (Phi) is 4.84. The molecular weight excluding hydrogens is 376 g/mol. The van der Waals surface area contributed by atoms with E-state index in [1.165, 1.54) is 19.2 Å². The maximum atomic E-state index is 11.9. The van der Waals surface area contributed by atoms with Crippen LogP contribution in [-0.4, -0.2) is 37.7 Å². The molecule has 8 heteroatoms. The number of benzene rings is 2. The molecule has 134 valence electrons. The van der Waals surface area contributed by atoms with Crippen molar-refractivity contribution in [3.8, 4) is 22.4 Å². The molecule has 0 spiro atoms. The van der Waals surface area contributed by atoms with Gasteiger partial charge in [0.1, 0.15) is 5.69 Å². The van der Waals surface area contributed by atoms with E-state index in [0.29, 0.717) is 21.8 Å². The Balaban J connectivity index is 2.14. The van der Waals surface area contributed by atoms with Gasteiger partial charge in [0.2, 0.25) is 0 Å². The van der Waals surface area contributed by atoms with Gasteiger partial charge in [0.05, 0.1) is 12.0 Å². The highest BCUT2D eigenvalue weighted by atomic mass is 35.5. The fourth-order valence-electron chi connectivity index (χ4n) is 2.47. The fraction of sp³-hybridized carbons (Fsp3) is 0.111. The number of nitrogens with zero attached hydrogens (tertiary/aromatic N) is 2. The normalized spacial score (nSPS) is 11.3. The number of hydrogen-bond donors (Lipinski definition) is 0. The Hall–Kier alpha value is -2.64. The molecule has 3 aromatic rings. The summed E-state index contributed by atoms with van der Waals surface area (Å²) in [6.07, 6.45) is 2.08. The van der Waals surface area contributed by atoms with Gasteiger partial charge in [-0.1, -0.05) is 35.9 Å². The van der Waals surface area contributed by atoms with E-state index < -0.39 is 15.9 Å². The lowest BCUT2D eigenvalue weighted by atomic mass is 10.0. The van der Waals surface area contributed by atoms with E-state index in [2.05, 4.69) is 5.10 Å². The monoisotopic (exact) mass is 390 g/mol. The van der Waals surface area contributed by atoms with Gasteiger partial charge in [-0.25, -0.2) is 13.2 Å². The second kappa shape index (κ2) is 6.93. The summed E-state index contributed by atoms with van der Waals surface area (Å²) in [6, 6.07) is 13.4. The third-order valence-corrected chi connectivity index (χ3v) is 5.17. The number of carbonyl (C=O) groups excluding carboxylic acids is 1. The minimum Gasteiger partial charge on any atom is -0.451 e. The van der Waals surface area contributed by atoms with Crippen molar-refractivity contribution in [3.05, 3.63) is 59.8 Å². The Morgan fingerprint density at radius 1 is 1.04 bits per heavy atom. The average Bonchev–Trinajstić information content (AvgIpc) is 3.06. The van der Waals surface area contributed by atoms with Crippen molar-refractivity contribution in [2.75, 3.05) is 13.4 Å². The van der Waals surface area contributed by atoms with Crippen LogP contribution in [0, 0.1) is 0 Å². The number of sulfone groups is 1. The smallest absolute Gasteiger partial charge is 0.434 e. The van der Waals surface area contributed by atoms with Crippen LogP contribution in [-0.2, 0) is 14.6 Å². The first-order chi connectivity index (χ1) is 12.3. The molecule has 1 aromatic heterocycles. The van der Waals surface area contributed by atoms with Gasteiger partial charge in [0.25, 0.3) is 0 Å². The lowest BCUT2D eigenvalue weighted by molar-refractivity contribution is 0.169. The summed E-state index contributed by atoms with van der Waals surface area (Å²) in [5.41, 5.74) is 2.70. The van der Waals surface area contributed by atoms with Gasteiger partial charge in [0.15, 0.2) is 9.84 Å². The number of methoxy groups -OCH3 is 1. The Labute approximate surface area is 155 Å². The molecule has 0 unspecified atom stereocenters. The summed E-state index contributed by atoms with van der Waals surface area (Å²) in [5.74, 6) is 0. The van der Waals surface area contributed by atoms with Gasteiger partial charge in [-0.2, -0.15) is 9.78 Å². The van der Waals surface area contributed by atoms with Crippen molar-refractivity contribution in [1.29, 1.82) is 0 Å². The van der Waals surface area contributed by atoms with Crippen molar-refractivity contribution < 1.29 is 17.9 Å². The maximum Gasteiger partial charge on any atom is 0.434 e. The fourth-order valence-corrected chi connectivity index (χ4v) is 3.23. The largest absolute Gasteiger partial charge is 0.451 e. The molecule has 0 bridgehead atoms. The molecule has 1 heterocycles. The summed E-state index contributed by atoms with van der Waals surface area (Å²) in [5, 5.41) is 4.89. The number of rotatable bonds is 3. The number of halogens is 1. The summed E-state index contributed by atoms with van der Waals surface area (Å²) in [6.45, 7) is 0. The molecule has 3 rings (SSSR count). The first kappa shape index (κ1) is 18.2. The van der Waals surface area contributed by atoms with Gasteiger partial charge in [0, 0.05) is 28.6 Å². The molecule has 0 radical (unpaired) electrons. The predicted octanol–water partition coefficient (Wildman–Crippen LogP) is 3.89. The molecule has 2 aromatic carbocycles. The predicted molar refractivity (Wildman–Crippen MR) is 99.0 cm³/mol. The molecule has 0 aliphatic rings. The zero-order valence-electron chi connectivity index (χ0n) is 14.0. The van der Waals surface area contributed by atoms with Gasteiger partial charge in [-0.15, -0.1) is 0 Å². The van der Waals surface area contributed by atoms with Crippen LogP contribution in [0.25, 0.3) is 22.4 Å². The number of carbonyl (C=O) groups is 1. The lowest BCUT2D eigenvalue weighted by Crippen LogP contribution is -2.11. The molecule has 0 fully saturated rings. The van der Waals surface area contributed by atoms with E-state index in [0.717, 1.165) is 16.5 Å². The van der Waals surface area contributed by atoms with E-state index in [4.69, 9.17) is 16.3 Å². The molecule has 0 saturated heterocycles. The molecule has 0 saturated carbocycles. The lowest BCUT2D eigenvalue weighted by Gasteiger charge is -2.04. The van der Waals surface area contributed by atoms with Crippen LogP contribution >= 0.6 is 11.6 Å². The van der Waals surface area contributed by atoms with Crippen LogP contribution in [0.5, 0.6) is 0 Å². The third kappa shape index (κ3) is 3.63.